The van der Waals surface area contributed by atoms with Gasteiger partial charge in [0.25, 0.3) is 0 Å². The number of aromatic nitrogens is 2. The summed E-state index contributed by atoms with van der Waals surface area (Å²) in [5.74, 6) is 0. The summed E-state index contributed by atoms with van der Waals surface area (Å²) in [6.45, 7) is 0. The minimum absolute atomic E-state index is 0.497. The summed E-state index contributed by atoms with van der Waals surface area (Å²) in [7, 11) is 0. The minimum Gasteiger partial charge on any atom is -0.354 e. The zero-order chi connectivity index (χ0) is 13.5. The highest BCUT2D eigenvalue weighted by molar-refractivity contribution is 5.66. The van der Waals surface area contributed by atoms with Crippen molar-refractivity contribution in [2.75, 3.05) is 0 Å². The fourth-order valence-electron chi connectivity index (χ4n) is 1.69. The summed E-state index contributed by atoms with van der Waals surface area (Å²) in [6, 6.07) is 7.18. The molecule has 0 aliphatic carbocycles. The van der Waals surface area contributed by atoms with Crippen LogP contribution >= 0.6 is 0 Å². The zero-order valence-corrected chi connectivity index (χ0v) is 10.2. The van der Waals surface area contributed by atoms with Gasteiger partial charge in [0.15, 0.2) is 0 Å². The van der Waals surface area contributed by atoms with Gasteiger partial charge in [-0.25, -0.2) is 0 Å². The molecule has 0 saturated heterocycles. The molecule has 2 rings (SSSR count). The lowest BCUT2D eigenvalue weighted by Gasteiger charge is -2.19. The third kappa shape index (κ3) is 3.29. The summed E-state index contributed by atoms with van der Waals surface area (Å²) in [5.41, 5.74) is 1.68. The van der Waals surface area contributed by atoms with Crippen LogP contribution in [-0.4, -0.2) is 22.4 Å². The van der Waals surface area contributed by atoms with Gasteiger partial charge in [-0.15, -0.1) is 0 Å². The van der Waals surface area contributed by atoms with E-state index in [1.807, 2.05) is 0 Å². The van der Waals surface area contributed by atoms with Crippen LogP contribution in [0, 0.1) is 10.8 Å². The molecule has 96 valence electrons. The molecule has 2 aromatic heterocycles. The van der Waals surface area contributed by atoms with Crippen LogP contribution < -0.4 is 0 Å². The van der Waals surface area contributed by atoms with E-state index in [9.17, 15) is 0 Å². The highest BCUT2D eigenvalue weighted by Crippen LogP contribution is 2.23. The number of hydrogen-bond acceptors (Lipinski definition) is 5. The second-order valence-electron chi connectivity index (χ2n) is 3.87. The SMILES string of the molecule is N=CC(OC(C=N)c1ccncc1)c1ccncc1. The maximum atomic E-state index is 7.47. The van der Waals surface area contributed by atoms with Gasteiger partial charge in [0.2, 0.25) is 0 Å². The Hall–Kier alpha value is -2.40. The molecule has 2 atom stereocenters. The fourth-order valence-corrected chi connectivity index (χ4v) is 1.69. The van der Waals surface area contributed by atoms with Gasteiger partial charge in [-0.1, -0.05) is 0 Å². The van der Waals surface area contributed by atoms with Gasteiger partial charge in [0, 0.05) is 37.2 Å². The second kappa shape index (κ2) is 6.51. The molecule has 2 aromatic rings. The molecule has 0 aliphatic rings. The Kier molecular flexibility index (Phi) is 4.47. The highest BCUT2D eigenvalue weighted by Gasteiger charge is 2.16. The molecule has 0 aliphatic heterocycles. The monoisotopic (exact) mass is 254 g/mol. The Bertz CT molecular complexity index is 480. The predicted molar refractivity (Wildman–Crippen MR) is 72.6 cm³/mol. The molecule has 0 bridgehead atoms. The zero-order valence-electron chi connectivity index (χ0n) is 10.2. The van der Waals surface area contributed by atoms with E-state index in [4.69, 9.17) is 15.6 Å². The van der Waals surface area contributed by atoms with Crippen molar-refractivity contribution in [3.05, 3.63) is 60.2 Å². The number of nitrogens with zero attached hydrogens (tertiary/aromatic N) is 2. The smallest absolute Gasteiger partial charge is 0.118 e. The Morgan fingerprint density at radius 3 is 1.47 bits per heavy atom. The maximum absolute atomic E-state index is 7.47. The highest BCUT2D eigenvalue weighted by atomic mass is 16.5. The molecule has 2 unspecified atom stereocenters. The molecule has 0 aromatic carbocycles. The average molecular weight is 254 g/mol. The van der Waals surface area contributed by atoms with E-state index in [0.29, 0.717) is 0 Å². The third-order valence-electron chi connectivity index (χ3n) is 2.67. The normalized spacial score (nSPS) is 13.5. The Morgan fingerprint density at radius 2 is 1.16 bits per heavy atom. The van der Waals surface area contributed by atoms with Gasteiger partial charge in [-0.05, 0) is 35.4 Å². The first-order valence-corrected chi connectivity index (χ1v) is 5.81. The van der Waals surface area contributed by atoms with E-state index in [-0.39, 0.29) is 0 Å². The van der Waals surface area contributed by atoms with E-state index in [1.165, 1.54) is 12.4 Å². The molecule has 19 heavy (non-hydrogen) atoms. The van der Waals surface area contributed by atoms with Gasteiger partial charge in [0.05, 0.1) is 0 Å². The lowest BCUT2D eigenvalue weighted by Crippen LogP contribution is -2.12. The first-order chi connectivity index (χ1) is 9.35. The molecular weight excluding hydrogens is 240 g/mol. The number of nitrogens with one attached hydrogen (secondary N) is 2. The van der Waals surface area contributed by atoms with Crippen molar-refractivity contribution in [3.63, 3.8) is 0 Å². The van der Waals surface area contributed by atoms with Gasteiger partial charge < -0.3 is 15.6 Å². The minimum atomic E-state index is -0.497. The first kappa shape index (κ1) is 13.0. The number of ether oxygens (including phenoxy) is 1. The van der Waals surface area contributed by atoms with Gasteiger partial charge >= 0.3 is 0 Å². The lowest BCUT2D eigenvalue weighted by atomic mass is 10.1. The molecule has 0 amide bonds. The molecule has 0 spiro atoms. The largest absolute Gasteiger partial charge is 0.354 e. The lowest BCUT2D eigenvalue weighted by molar-refractivity contribution is 0.0684. The van der Waals surface area contributed by atoms with Crippen LogP contribution in [0.5, 0.6) is 0 Å². The molecule has 0 fully saturated rings. The van der Waals surface area contributed by atoms with Gasteiger partial charge in [-0.3, -0.25) is 9.97 Å². The van der Waals surface area contributed by atoms with E-state index >= 15 is 0 Å². The van der Waals surface area contributed by atoms with Crippen molar-refractivity contribution < 1.29 is 4.74 Å². The Labute approximate surface area is 111 Å². The third-order valence-corrected chi connectivity index (χ3v) is 2.67. The van der Waals surface area contributed by atoms with Gasteiger partial charge in [0.1, 0.15) is 12.2 Å². The summed E-state index contributed by atoms with van der Waals surface area (Å²) in [6.07, 6.45) is 8.05. The fraction of sp³-hybridized carbons (Fsp3) is 0.143. The van der Waals surface area contributed by atoms with Crippen LogP contribution in [0.4, 0.5) is 0 Å². The summed E-state index contributed by atoms with van der Waals surface area (Å²) < 4.78 is 5.78. The average Bonchev–Trinajstić information content (AvgIpc) is 2.50. The quantitative estimate of drug-likeness (QED) is 0.777. The predicted octanol–water partition coefficient (Wildman–Crippen LogP) is 2.57. The van der Waals surface area contributed by atoms with Crippen LogP contribution in [-0.2, 0) is 4.74 Å². The van der Waals surface area contributed by atoms with E-state index < -0.39 is 12.2 Å². The van der Waals surface area contributed by atoms with Crippen molar-refractivity contribution in [2.24, 2.45) is 0 Å². The number of rotatable bonds is 6. The summed E-state index contributed by atoms with van der Waals surface area (Å²) in [4.78, 5) is 7.87. The van der Waals surface area contributed by atoms with E-state index in [0.717, 1.165) is 11.1 Å². The van der Waals surface area contributed by atoms with Gasteiger partial charge in [-0.2, -0.15) is 0 Å². The Balaban J connectivity index is 2.17. The van der Waals surface area contributed by atoms with Crippen molar-refractivity contribution in [2.45, 2.75) is 12.2 Å². The molecular formula is C14H14N4O. The van der Waals surface area contributed by atoms with Crippen LogP contribution in [0.2, 0.25) is 0 Å². The summed E-state index contributed by atoms with van der Waals surface area (Å²) >= 11 is 0. The Morgan fingerprint density at radius 1 is 0.789 bits per heavy atom. The number of hydrogen-bond donors (Lipinski definition) is 2. The first-order valence-electron chi connectivity index (χ1n) is 5.81. The van der Waals surface area contributed by atoms with Crippen molar-refractivity contribution in [1.82, 2.24) is 9.97 Å². The topological polar surface area (TPSA) is 82.7 Å². The standard InChI is InChI=1S/C14H14N4O/c15-9-13(11-1-5-17-6-2-11)19-14(10-16)12-3-7-18-8-4-12/h1-10,13-16H. The molecule has 5 heteroatoms. The summed E-state index contributed by atoms with van der Waals surface area (Å²) in [5, 5.41) is 14.9. The van der Waals surface area contributed by atoms with Crippen LogP contribution in [0.15, 0.2) is 49.1 Å². The van der Waals surface area contributed by atoms with Crippen LogP contribution in [0.3, 0.4) is 0 Å². The van der Waals surface area contributed by atoms with Crippen molar-refractivity contribution in [3.8, 4) is 0 Å². The molecule has 5 nitrogen and oxygen atoms in total. The van der Waals surface area contributed by atoms with E-state index in [1.54, 1.807) is 49.1 Å². The molecule has 2 heterocycles. The molecule has 2 N–H and O–H groups in total. The molecule has 0 saturated carbocycles. The van der Waals surface area contributed by atoms with Crippen LogP contribution in [0.1, 0.15) is 23.3 Å². The van der Waals surface area contributed by atoms with Crippen LogP contribution in [0.25, 0.3) is 0 Å². The number of pyridine rings is 2. The van der Waals surface area contributed by atoms with Crippen molar-refractivity contribution >= 4 is 12.4 Å². The molecule has 0 radical (unpaired) electrons. The van der Waals surface area contributed by atoms with E-state index in [2.05, 4.69) is 9.97 Å². The van der Waals surface area contributed by atoms with Crippen molar-refractivity contribution in [1.29, 1.82) is 10.8 Å². The second-order valence-corrected chi connectivity index (χ2v) is 3.87. The maximum Gasteiger partial charge on any atom is 0.118 e.